The molecule has 5 nitrogen and oxygen atoms in total. The second-order valence-electron chi connectivity index (χ2n) is 5.04. The smallest absolute Gasteiger partial charge is 0.251 e. The van der Waals surface area contributed by atoms with Gasteiger partial charge < -0.3 is 15.5 Å². The number of hydrogen-bond donors (Lipinski definition) is 3. The van der Waals surface area contributed by atoms with Crippen LogP contribution in [0.3, 0.4) is 0 Å². The summed E-state index contributed by atoms with van der Waals surface area (Å²) in [7, 11) is 0. The SMILES string of the molecule is CC(CNC(=O)c1cc(O)cc(O)c1)N1CCCC1. The van der Waals surface area contributed by atoms with Crippen molar-refractivity contribution in [3.05, 3.63) is 23.8 Å². The fourth-order valence-corrected chi connectivity index (χ4v) is 2.38. The van der Waals surface area contributed by atoms with Gasteiger partial charge in [-0.1, -0.05) is 0 Å². The molecule has 104 valence electrons. The Morgan fingerprint density at radius 1 is 1.26 bits per heavy atom. The highest BCUT2D eigenvalue weighted by Crippen LogP contribution is 2.20. The van der Waals surface area contributed by atoms with E-state index in [-0.39, 0.29) is 23.0 Å². The predicted molar refractivity (Wildman–Crippen MR) is 72.4 cm³/mol. The van der Waals surface area contributed by atoms with E-state index in [4.69, 9.17) is 0 Å². The molecule has 0 aliphatic carbocycles. The maximum Gasteiger partial charge on any atom is 0.251 e. The topological polar surface area (TPSA) is 72.8 Å². The Hall–Kier alpha value is -1.75. The molecular weight excluding hydrogens is 244 g/mol. The number of phenolic OH excluding ortho intramolecular Hbond substituents is 2. The molecule has 0 aromatic heterocycles. The summed E-state index contributed by atoms with van der Waals surface area (Å²) >= 11 is 0. The van der Waals surface area contributed by atoms with Gasteiger partial charge in [-0.15, -0.1) is 0 Å². The number of benzene rings is 1. The van der Waals surface area contributed by atoms with Gasteiger partial charge in [0.15, 0.2) is 0 Å². The van der Waals surface area contributed by atoms with Gasteiger partial charge in [-0.25, -0.2) is 0 Å². The number of phenols is 2. The molecule has 1 saturated heterocycles. The van der Waals surface area contributed by atoms with Gasteiger partial charge in [-0.05, 0) is 45.0 Å². The van der Waals surface area contributed by atoms with Crippen LogP contribution in [0.4, 0.5) is 0 Å². The minimum atomic E-state index is -0.280. The number of nitrogens with one attached hydrogen (secondary N) is 1. The summed E-state index contributed by atoms with van der Waals surface area (Å²) in [5.41, 5.74) is 0.270. The van der Waals surface area contributed by atoms with Gasteiger partial charge in [0.1, 0.15) is 11.5 Å². The third kappa shape index (κ3) is 3.61. The zero-order chi connectivity index (χ0) is 13.8. The standard InChI is InChI=1S/C14H20N2O3/c1-10(16-4-2-3-5-16)9-15-14(19)11-6-12(17)8-13(18)7-11/h6-8,10,17-18H,2-5,9H2,1H3,(H,15,19). The summed E-state index contributed by atoms with van der Waals surface area (Å²) in [5.74, 6) is -0.507. The van der Waals surface area contributed by atoms with Gasteiger partial charge in [-0.3, -0.25) is 9.69 Å². The average molecular weight is 264 g/mol. The van der Waals surface area contributed by atoms with E-state index in [2.05, 4.69) is 17.1 Å². The van der Waals surface area contributed by atoms with Crippen LogP contribution in [-0.4, -0.2) is 46.7 Å². The van der Waals surface area contributed by atoms with E-state index in [0.717, 1.165) is 13.1 Å². The average Bonchev–Trinajstić information content (AvgIpc) is 2.88. The molecule has 2 rings (SSSR count). The Morgan fingerprint density at radius 3 is 2.42 bits per heavy atom. The molecule has 1 aromatic rings. The second-order valence-corrected chi connectivity index (χ2v) is 5.04. The number of nitrogens with zero attached hydrogens (tertiary/aromatic N) is 1. The summed E-state index contributed by atoms with van der Waals surface area (Å²) in [6.45, 7) is 4.83. The van der Waals surface area contributed by atoms with E-state index < -0.39 is 0 Å². The Balaban J connectivity index is 1.89. The highest BCUT2D eigenvalue weighted by atomic mass is 16.3. The van der Waals surface area contributed by atoms with Crippen molar-refractivity contribution in [2.45, 2.75) is 25.8 Å². The lowest BCUT2D eigenvalue weighted by Crippen LogP contribution is -2.40. The third-order valence-corrected chi connectivity index (χ3v) is 3.49. The van der Waals surface area contributed by atoms with Gasteiger partial charge >= 0.3 is 0 Å². The van der Waals surface area contributed by atoms with E-state index in [9.17, 15) is 15.0 Å². The second kappa shape index (κ2) is 5.93. The summed E-state index contributed by atoms with van der Waals surface area (Å²) in [4.78, 5) is 14.3. The highest BCUT2D eigenvalue weighted by molar-refractivity contribution is 5.95. The Morgan fingerprint density at radius 2 is 1.84 bits per heavy atom. The van der Waals surface area contributed by atoms with E-state index >= 15 is 0 Å². The van der Waals surface area contributed by atoms with E-state index in [1.54, 1.807) is 0 Å². The molecule has 1 heterocycles. The molecule has 1 aliphatic heterocycles. The molecule has 0 saturated carbocycles. The maximum absolute atomic E-state index is 11.9. The molecular formula is C14H20N2O3. The monoisotopic (exact) mass is 264 g/mol. The fraction of sp³-hybridized carbons (Fsp3) is 0.500. The van der Waals surface area contributed by atoms with Crippen LogP contribution in [0.1, 0.15) is 30.1 Å². The number of likely N-dealkylation sites (tertiary alicyclic amines) is 1. The van der Waals surface area contributed by atoms with Gasteiger partial charge in [0.05, 0.1) is 0 Å². The molecule has 1 aliphatic rings. The number of aromatic hydroxyl groups is 2. The first-order valence-electron chi connectivity index (χ1n) is 6.61. The lowest BCUT2D eigenvalue weighted by molar-refractivity contribution is 0.0939. The van der Waals surface area contributed by atoms with Crippen LogP contribution >= 0.6 is 0 Å². The highest BCUT2D eigenvalue weighted by Gasteiger charge is 2.18. The maximum atomic E-state index is 11.9. The summed E-state index contributed by atoms with van der Waals surface area (Å²) < 4.78 is 0. The van der Waals surface area contributed by atoms with Crippen molar-refractivity contribution < 1.29 is 15.0 Å². The number of hydrogen-bond acceptors (Lipinski definition) is 4. The number of carbonyl (C=O) groups excluding carboxylic acids is 1. The normalized spacial score (nSPS) is 17.3. The third-order valence-electron chi connectivity index (χ3n) is 3.49. The minimum absolute atomic E-state index is 0.113. The van der Waals surface area contributed by atoms with Crippen molar-refractivity contribution in [3.8, 4) is 11.5 Å². The molecule has 0 radical (unpaired) electrons. The summed E-state index contributed by atoms with van der Waals surface area (Å²) in [6.07, 6.45) is 2.44. The molecule has 1 amide bonds. The predicted octanol–water partition coefficient (Wildman–Crippen LogP) is 1.31. The van der Waals surface area contributed by atoms with Gasteiger partial charge in [0, 0.05) is 24.2 Å². The van der Waals surface area contributed by atoms with Gasteiger partial charge in [-0.2, -0.15) is 0 Å². The lowest BCUT2D eigenvalue weighted by Gasteiger charge is -2.23. The first-order valence-corrected chi connectivity index (χ1v) is 6.61. The van der Waals surface area contributed by atoms with Crippen LogP contribution in [0.5, 0.6) is 11.5 Å². The minimum Gasteiger partial charge on any atom is -0.508 e. The van der Waals surface area contributed by atoms with Crippen molar-refractivity contribution in [1.29, 1.82) is 0 Å². The molecule has 19 heavy (non-hydrogen) atoms. The van der Waals surface area contributed by atoms with E-state index in [1.165, 1.54) is 31.0 Å². The quantitative estimate of drug-likeness (QED) is 0.766. The molecule has 1 atom stereocenters. The Labute approximate surface area is 112 Å². The van der Waals surface area contributed by atoms with Crippen molar-refractivity contribution in [2.24, 2.45) is 0 Å². The van der Waals surface area contributed by atoms with Crippen LogP contribution in [0.2, 0.25) is 0 Å². The number of amides is 1. The molecule has 3 N–H and O–H groups in total. The Bertz CT molecular complexity index is 436. The van der Waals surface area contributed by atoms with Crippen molar-refractivity contribution in [1.82, 2.24) is 10.2 Å². The first-order chi connectivity index (χ1) is 9.06. The van der Waals surface area contributed by atoms with Crippen molar-refractivity contribution >= 4 is 5.91 Å². The molecule has 0 spiro atoms. The molecule has 1 fully saturated rings. The summed E-state index contributed by atoms with van der Waals surface area (Å²) in [6, 6.07) is 4.19. The number of rotatable bonds is 4. The zero-order valence-electron chi connectivity index (χ0n) is 11.1. The van der Waals surface area contributed by atoms with Crippen LogP contribution in [0.15, 0.2) is 18.2 Å². The zero-order valence-corrected chi connectivity index (χ0v) is 11.1. The molecule has 0 bridgehead atoms. The van der Waals surface area contributed by atoms with E-state index in [0.29, 0.717) is 12.6 Å². The van der Waals surface area contributed by atoms with Crippen molar-refractivity contribution in [3.63, 3.8) is 0 Å². The first kappa shape index (κ1) is 13.7. The fourth-order valence-electron chi connectivity index (χ4n) is 2.38. The lowest BCUT2D eigenvalue weighted by atomic mass is 10.2. The van der Waals surface area contributed by atoms with Gasteiger partial charge in [0.2, 0.25) is 0 Å². The van der Waals surface area contributed by atoms with Crippen LogP contribution in [0, 0.1) is 0 Å². The summed E-state index contributed by atoms with van der Waals surface area (Å²) in [5, 5.41) is 21.5. The van der Waals surface area contributed by atoms with Crippen molar-refractivity contribution in [2.75, 3.05) is 19.6 Å². The van der Waals surface area contributed by atoms with Gasteiger partial charge in [0.25, 0.3) is 5.91 Å². The molecule has 1 unspecified atom stereocenters. The van der Waals surface area contributed by atoms with Crippen LogP contribution < -0.4 is 5.32 Å². The molecule has 5 heteroatoms. The Kier molecular flexibility index (Phi) is 4.27. The van der Waals surface area contributed by atoms with Crippen LogP contribution in [0.25, 0.3) is 0 Å². The number of carbonyl (C=O) groups is 1. The largest absolute Gasteiger partial charge is 0.508 e. The van der Waals surface area contributed by atoms with Crippen LogP contribution in [-0.2, 0) is 0 Å². The van der Waals surface area contributed by atoms with E-state index in [1.807, 2.05) is 0 Å². The molecule has 1 aromatic carbocycles.